The lowest BCUT2D eigenvalue weighted by Crippen LogP contribution is -2.50. The zero-order valence-corrected chi connectivity index (χ0v) is 19.1. The van der Waals surface area contributed by atoms with E-state index in [2.05, 4.69) is 5.10 Å². The second-order valence-corrected chi connectivity index (χ2v) is 8.96. The zero-order chi connectivity index (χ0) is 22.8. The second kappa shape index (κ2) is 9.04. The molecule has 2 aromatic heterocycles. The molecule has 0 bridgehead atoms. The van der Waals surface area contributed by atoms with Gasteiger partial charge in [-0.25, -0.2) is 9.67 Å². The standard InChI is InChI=1S/C23H25N5O3S/c1-15(2)28-19(30)10-9-18(25-28)21-20(17-7-5-4-6-8-17)24-22(32-21)23(31)27-13-11-26(12-14-27)16(3)29/h4-10,15H,11-14H2,1-3H3. The third kappa shape index (κ3) is 4.34. The van der Waals surface area contributed by atoms with Crippen LogP contribution in [0.1, 0.15) is 36.6 Å². The molecule has 9 heteroatoms. The molecule has 0 radical (unpaired) electrons. The summed E-state index contributed by atoms with van der Waals surface area (Å²) in [7, 11) is 0. The van der Waals surface area contributed by atoms with Crippen molar-refractivity contribution < 1.29 is 9.59 Å². The highest BCUT2D eigenvalue weighted by Gasteiger charge is 2.27. The zero-order valence-electron chi connectivity index (χ0n) is 18.3. The number of benzene rings is 1. The third-order valence-electron chi connectivity index (χ3n) is 5.42. The van der Waals surface area contributed by atoms with Gasteiger partial charge >= 0.3 is 0 Å². The summed E-state index contributed by atoms with van der Waals surface area (Å²) < 4.78 is 1.44. The van der Waals surface area contributed by atoms with Crippen molar-refractivity contribution in [2.24, 2.45) is 0 Å². The minimum Gasteiger partial charge on any atom is -0.339 e. The summed E-state index contributed by atoms with van der Waals surface area (Å²) >= 11 is 1.28. The summed E-state index contributed by atoms with van der Waals surface area (Å²) in [6.45, 7) is 7.34. The van der Waals surface area contributed by atoms with Crippen LogP contribution in [0, 0.1) is 0 Å². The fourth-order valence-electron chi connectivity index (χ4n) is 3.65. The van der Waals surface area contributed by atoms with Crippen molar-refractivity contribution >= 4 is 23.2 Å². The van der Waals surface area contributed by atoms with Gasteiger partial charge in [-0.1, -0.05) is 30.3 Å². The molecule has 1 aliphatic heterocycles. The van der Waals surface area contributed by atoms with Crippen LogP contribution in [0.3, 0.4) is 0 Å². The Bertz CT molecular complexity index is 1190. The highest BCUT2D eigenvalue weighted by Crippen LogP contribution is 2.36. The van der Waals surface area contributed by atoms with E-state index in [1.807, 2.05) is 44.2 Å². The summed E-state index contributed by atoms with van der Waals surface area (Å²) in [5, 5.41) is 4.92. The molecule has 0 N–H and O–H groups in total. The van der Waals surface area contributed by atoms with E-state index in [1.165, 1.54) is 22.1 Å². The van der Waals surface area contributed by atoms with Crippen LogP contribution in [0.5, 0.6) is 0 Å². The predicted octanol–water partition coefficient (Wildman–Crippen LogP) is 2.92. The Kier molecular flexibility index (Phi) is 6.18. The normalized spacial score (nSPS) is 14.1. The highest BCUT2D eigenvalue weighted by atomic mass is 32.1. The smallest absolute Gasteiger partial charge is 0.282 e. The Morgan fingerprint density at radius 1 is 0.969 bits per heavy atom. The number of aromatic nitrogens is 3. The lowest BCUT2D eigenvalue weighted by Gasteiger charge is -2.33. The molecule has 8 nitrogen and oxygen atoms in total. The number of hydrogen-bond donors (Lipinski definition) is 0. The average Bonchev–Trinajstić information content (AvgIpc) is 3.25. The first-order valence-electron chi connectivity index (χ1n) is 10.6. The molecule has 3 heterocycles. The Balaban J connectivity index is 1.73. The van der Waals surface area contributed by atoms with Gasteiger partial charge in [0.2, 0.25) is 5.91 Å². The molecule has 1 aromatic carbocycles. The van der Waals surface area contributed by atoms with Gasteiger partial charge in [-0.05, 0) is 19.9 Å². The molecular weight excluding hydrogens is 426 g/mol. The molecule has 0 atom stereocenters. The number of carbonyl (C=O) groups excluding carboxylic acids is 2. The summed E-state index contributed by atoms with van der Waals surface area (Å²) in [5.41, 5.74) is 1.98. The van der Waals surface area contributed by atoms with Crippen LogP contribution >= 0.6 is 11.3 Å². The Labute approximate surface area is 190 Å². The molecule has 3 aromatic rings. The van der Waals surface area contributed by atoms with E-state index in [1.54, 1.807) is 22.8 Å². The highest BCUT2D eigenvalue weighted by molar-refractivity contribution is 7.17. The van der Waals surface area contributed by atoms with Crippen molar-refractivity contribution in [2.75, 3.05) is 26.2 Å². The molecule has 0 spiro atoms. The molecule has 32 heavy (non-hydrogen) atoms. The summed E-state index contributed by atoms with van der Waals surface area (Å²) in [4.78, 5) is 45.9. The minimum absolute atomic E-state index is 0.0198. The molecule has 166 valence electrons. The number of thiazole rings is 1. The molecule has 2 amide bonds. The monoisotopic (exact) mass is 451 g/mol. The third-order valence-corrected chi connectivity index (χ3v) is 6.48. The van der Waals surface area contributed by atoms with Gasteiger partial charge in [-0.15, -0.1) is 11.3 Å². The molecule has 1 aliphatic rings. The van der Waals surface area contributed by atoms with Gasteiger partial charge in [0.1, 0.15) is 5.69 Å². The van der Waals surface area contributed by atoms with Gasteiger partial charge in [-0.2, -0.15) is 5.10 Å². The van der Waals surface area contributed by atoms with E-state index in [4.69, 9.17) is 4.98 Å². The number of piperazine rings is 1. The molecule has 0 aliphatic carbocycles. The van der Waals surface area contributed by atoms with Crippen LogP contribution in [0.15, 0.2) is 47.3 Å². The van der Waals surface area contributed by atoms with E-state index in [0.29, 0.717) is 42.6 Å². The van der Waals surface area contributed by atoms with Crippen molar-refractivity contribution in [3.63, 3.8) is 0 Å². The van der Waals surface area contributed by atoms with Gasteiger partial charge in [0, 0.05) is 44.7 Å². The number of rotatable bonds is 4. The van der Waals surface area contributed by atoms with Crippen LogP contribution < -0.4 is 5.56 Å². The first-order valence-corrected chi connectivity index (χ1v) is 11.4. The maximum absolute atomic E-state index is 13.2. The van der Waals surface area contributed by atoms with Crippen LogP contribution in [-0.2, 0) is 4.79 Å². The fourth-order valence-corrected chi connectivity index (χ4v) is 4.67. The number of nitrogens with zero attached hydrogens (tertiary/aromatic N) is 5. The quantitative estimate of drug-likeness (QED) is 0.609. The predicted molar refractivity (Wildman–Crippen MR) is 124 cm³/mol. The average molecular weight is 452 g/mol. The van der Waals surface area contributed by atoms with Crippen LogP contribution in [0.25, 0.3) is 21.8 Å². The summed E-state index contributed by atoms with van der Waals surface area (Å²) in [6, 6.07) is 12.7. The molecule has 1 fully saturated rings. The molecule has 4 rings (SSSR count). The Morgan fingerprint density at radius 3 is 2.25 bits per heavy atom. The van der Waals surface area contributed by atoms with E-state index in [0.717, 1.165) is 10.4 Å². The Hall–Kier alpha value is -3.33. The van der Waals surface area contributed by atoms with E-state index < -0.39 is 0 Å². The first kappa shape index (κ1) is 21.9. The van der Waals surface area contributed by atoms with E-state index in [9.17, 15) is 14.4 Å². The molecular formula is C23H25N5O3S. The maximum atomic E-state index is 13.2. The Morgan fingerprint density at radius 2 is 1.62 bits per heavy atom. The summed E-state index contributed by atoms with van der Waals surface area (Å²) in [5.74, 6) is -0.134. The van der Waals surface area contributed by atoms with Crippen LogP contribution in [0.2, 0.25) is 0 Å². The van der Waals surface area contributed by atoms with Crippen molar-refractivity contribution in [1.29, 1.82) is 0 Å². The lowest BCUT2D eigenvalue weighted by molar-refractivity contribution is -0.130. The minimum atomic E-state index is -0.172. The van der Waals surface area contributed by atoms with Crippen molar-refractivity contribution in [2.45, 2.75) is 26.8 Å². The van der Waals surface area contributed by atoms with Crippen LogP contribution in [0.4, 0.5) is 0 Å². The molecule has 0 unspecified atom stereocenters. The van der Waals surface area contributed by atoms with E-state index in [-0.39, 0.29) is 23.4 Å². The SMILES string of the molecule is CC(=O)N1CCN(C(=O)c2nc(-c3ccccc3)c(-c3ccc(=O)n(C(C)C)n3)s2)CC1. The van der Waals surface area contributed by atoms with Gasteiger partial charge in [0.15, 0.2) is 5.01 Å². The topological polar surface area (TPSA) is 88.4 Å². The number of amides is 2. The van der Waals surface area contributed by atoms with Gasteiger partial charge in [0.25, 0.3) is 11.5 Å². The summed E-state index contributed by atoms with van der Waals surface area (Å²) in [6.07, 6.45) is 0. The molecule has 0 saturated carbocycles. The number of carbonyl (C=O) groups is 2. The fraction of sp³-hybridized carbons (Fsp3) is 0.348. The van der Waals surface area contributed by atoms with Crippen molar-refractivity contribution in [3.05, 3.63) is 57.8 Å². The van der Waals surface area contributed by atoms with Crippen molar-refractivity contribution in [1.82, 2.24) is 24.6 Å². The van der Waals surface area contributed by atoms with Crippen molar-refractivity contribution in [3.8, 4) is 21.8 Å². The lowest BCUT2D eigenvalue weighted by atomic mass is 10.1. The van der Waals surface area contributed by atoms with Gasteiger partial charge in [0.05, 0.1) is 16.6 Å². The second-order valence-electron chi connectivity index (χ2n) is 7.96. The van der Waals surface area contributed by atoms with Gasteiger partial charge in [-0.3, -0.25) is 14.4 Å². The number of hydrogen-bond acceptors (Lipinski definition) is 6. The van der Waals surface area contributed by atoms with Crippen LogP contribution in [-0.4, -0.2) is 62.6 Å². The maximum Gasteiger partial charge on any atom is 0.282 e. The van der Waals surface area contributed by atoms with E-state index >= 15 is 0 Å². The molecule has 1 saturated heterocycles. The van der Waals surface area contributed by atoms with Gasteiger partial charge < -0.3 is 9.80 Å². The largest absolute Gasteiger partial charge is 0.339 e. The first-order chi connectivity index (χ1) is 15.3.